The topological polar surface area (TPSA) is 103 Å². The molecule has 10 heteroatoms. The van der Waals surface area contributed by atoms with Crippen molar-refractivity contribution in [1.29, 1.82) is 0 Å². The lowest BCUT2D eigenvalue weighted by atomic mass is 10.1. The van der Waals surface area contributed by atoms with Gasteiger partial charge in [0.2, 0.25) is 0 Å². The molecule has 3 heterocycles. The van der Waals surface area contributed by atoms with Crippen LogP contribution in [0.25, 0.3) is 16.6 Å². The van der Waals surface area contributed by atoms with Crippen molar-refractivity contribution in [3.63, 3.8) is 0 Å². The summed E-state index contributed by atoms with van der Waals surface area (Å²) in [5.74, 6) is -0.0753. The number of nitrogens with one attached hydrogen (secondary N) is 1. The van der Waals surface area contributed by atoms with Gasteiger partial charge < -0.3 is 5.32 Å². The third kappa shape index (κ3) is 6.24. The van der Waals surface area contributed by atoms with E-state index >= 15 is 0 Å². The van der Waals surface area contributed by atoms with Crippen LogP contribution in [0, 0.1) is 5.82 Å². The average molecular weight is 575 g/mol. The van der Waals surface area contributed by atoms with Gasteiger partial charge in [0.05, 0.1) is 5.52 Å². The second-order valence-corrected chi connectivity index (χ2v) is 10.4. The second kappa shape index (κ2) is 12.1. The van der Waals surface area contributed by atoms with Crippen LogP contribution in [0.3, 0.4) is 0 Å². The van der Waals surface area contributed by atoms with E-state index < -0.39 is 0 Å². The number of halogens is 1. The van der Waals surface area contributed by atoms with Gasteiger partial charge in [-0.25, -0.2) is 14.4 Å². The van der Waals surface area contributed by atoms with Gasteiger partial charge in [0.15, 0.2) is 5.16 Å². The number of carbonyl (C=O) groups excluding carboxylic acids is 1. The minimum Gasteiger partial charge on any atom is -0.322 e. The fourth-order valence-corrected chi connectivity index (χ4v) is 5.32. The van der Waals surface area contributed by atoms with Crippen LogP contribution in [0.15, 0.2) is 120 Å². The quantitative estimate of drug-likeness (QED) is 0.180. The smallest absolute Gasteiger partial charge is 0.277 e. The van der Waals surface area contributed by atoms with Crippen LogP contribution in [0.4, 0.5) is 10.1 Å². The van der Waals surface area contributed by atoms with Crippen molar-refractivity contribution in [3.05, 3.63) is 148 Å². The Kier molecular flexibility index (Phi) is 7.78. The first kappa shape index (κ1) is 27.0. The van der Waals surface area contributed by atoms with E-state index in [0.717, 1.165) is 27.7 Å². The van der Waals surface area contributed by atoms with E-state index in [2.05, 4.69) is 25.3 Å². The molecule has 0 saturated heterocycles. The van der Waals surface area contributed by atoms with Crippen molar-refractivity contribution in [2.45, 2.75) is 17.3 Å². The minimum atomic E-state index is -0.349. The maximum absolute atomic E-state index is 13.4. The molecule has 0 aliphatic rings. The Labute approximate surface area is 244 Å². The summed E-state index contributed by atoms with van der Waals surface area (Å²) in [6, 6.07) is 22.6. The monoisotopic (exact) mass is 574 g/mol. The van der Waals surface area contributed by atoms with Gasteiger partial charge in [0.25, 0.3) is 11.5 Å². The normalized spacial score (nSPS) is 11.0. The first-order valence-electron chi connectivity index (χ1n) is 13.0. The zero-order valence-corrected chi connectivity index (χ0v) is 23.0. The van der Waals surface area contributed by atoms with Crippen molar-refractivity contribution in [1.82, 2.24) is 24.5 Å². The SMILES string of the molecule is O=C(Nc1ccc2ncccc2c1)c1ccc(-n2cc(Cc3cncnc3)c(=O)nc2SCc2ccc(F)cc2)cc1. The molecular weight excluding hydrogens is 551 g/mol. The highest BCUT2D eigenvalue weighted by Gasteiger charge is 2.14. The number of aromatic nitrogens is 5. The highest BCUT2D eigenvalue weighted by Crippen LogP contribution is 2.25. The molecule has 42 heavy (non-hydrogen) atoms. The van der Waals surface area contributed by atoms with Crippen molar-refractivity contribution in [3.8, 4) is 5.69 Å². The molecular formula is C32H23FN6O2S. The molecule has 6 rings (SSSR count). The highest BCUT2D eigenvalue weighted by molar-refractivity contribution is 7.98. The van der Waals surface area contributed by atoms with E-state index in [0.29, 0.717) is 34.1 Å². The van der Waals surface area contributed by atoms with Gasteiger partial charge in [-0.15, -0.1) is 0 Å². The Morgan fingerprint density at radius 1 is 0.929 bits per heavy atom. The molecule has 0 atom stereocenters. The number of hydrogen-bond acceptors (Lipinski definition) is 7. The number of fused-ring (bicyclic) bond motifs is 1. The second-order valence-electron chi connectivity index (χ2n) is 9.47. The zero-order valence-electron chi connectivity index (χ0n) is 22.1. The number of rotatable bonds is 8. The number of thioether (sulfide) groups is 1. The van der Waals surface area contributed by atoms with Crippen LogP contribution in [-0.2, 0) is 12.2 Å². The van der Waals surface area contributed by atoms with E-state index in [1.54, 1.807) is 49.1 Å². The Balaban J connectivity index is 1.28. The minimum absolute atomic E-state index is 0.251. The third-order valence-corrected chi connectivity index (χ3v) is 7.55. The highest BCUT2D eigenvalue weighted by atomic mass is 32.2. The van der Waals surface area contributed by atoms with Crippen LogP contribution < -0.4 is 10.9 Å². The first-order chi connectivity index (χ1) is 20.5. The van der Waals surface area contributed by atoms with E-state index in [1.807, 2.05) is 47.0 Å². The van der Waals surface area contributed by atoms with Crippen molar-refractivity contribution < 1.29 is 9.18 Å². The predicted octanol–water partition coefficient (Wildman–Crippen LogP) is 5.85. The Hall–Kier alpha value is -5.22. The van der Waals surface area contributed by atoms with Crippen LogP contribution in [-0.4, -0.2) is 30.4 Å². The number of amides is 1. The molecule has 0 unspecified atom stereocenters. The van der Waals surface area contributed by atoms with Gasteiger partial charge in [-0.3, -0.25) is 19.1 Å². The molecule has 0 saturated carbocycles. The maximum atomic E-state index is 13.4. The summed E-state index contributed by atoms with van der Waals surface area (Å²) in [7, 11) is 0. The first-order valence-corrected chi connectivity index (χ1v) is 14.0. The van der Waals surface area contributed by atoms with Crippen LogP contribution in [0.5, 0.6) is 0 Å². The number of nitrogens with zero attached hydrogens (tertiary/aromatic N) is 5. The van der Waals surface area contributed by atoms with Crippen molar-refractivity contribution >= 4 is 34.3 Å². The molecule has 0 aliphatic carbocycles. The lowest BCUT2D eigenvalue weighted by Gasteiger charge is -2.15. The fourth-order valence-electron chi connectivity index (χ4n) is 4.39. The zero-order chi connectivity index (χ0) is 28.9. The molecule has 0 radical (unpaired) electrons. The van der Waals surface area contributed by atoms with E-state index in [-0.39, 0.29) is 17.3 Å². The molecule has 0 fully saturated rings. The summed E-state index contributed by atoms with van der Waals surface area (Å²) >= 11 is 1.36. The molecule has 0 bridgehead atoms. The van der Waals surface area contributed by atoms with Crippen LogP contribution in [0.2, 0.25) is 0 Å². The van der Waals surface area contributed by atoms with Gasteiger partial charge >= 0.3 is 0 Å². The van der Waals surface area contributed by atoms with Crippen LogP contribution >= 0.6 is 11.8 Å². The van der Waals surface area contributed by atoms with E-state index in [4.69, 9.17) is 0 Å². The molecule has 0 aliphatic heterocycles. The molecule has 1 amide bonds. The lowest BCUT2D eigenvalue weighted by molar-refractivity contribution is 0.102. The maximum Gasteiger partial charge on any atom is 0.277 e. The molecule has 3 aromatic heterocycles. The third-order valence-electron chi connectivity index (χ3n) is 6.52. The largest absolute Gasteiger partial charge is 0.322 e. The summed E-state index contributed by atoms with van der Waals surface area (Å²) in [6.45, 7) is 0. The molecule has 3 aromatic carbocycles. The van der Waals surface area contributed by atoms with Gasteiger partial charge in [-0.05, 0) is 71.8 Å². The summed E-state index contributed by atoms with van der Waals surface area (Å²) in [4.78, 5) is 42.8. The molecule has 0 spiro atoms. The number of hydrogen-bond donors (Lipinski definition) is 1. The summed E-state index contributed by atoms with van der Waals surface area (Å²) in [5.41, 5.74) is 4.52. The number of benzene rings is 3. The number of pyridine rings is 1. The molecule has 206 valence electrons. The molecule has 1 N–H and O–H groups in total. The number of anilines is 1. The van der Waals surface area contributed by atoms with Gasteiger partial charge in [0.1, 0.15) is 12.1 Å². The predicted molar refractivity (Wildman–Crippen MR) is 160 cm³/mol. The van der Waals surface area contributed by atoms with E-state index in [9.17, 15) is 14.0 Å². The standard InChI is InChI=1S/C32H23FN6O2S/c33-26-7-3-21(4-8-26)19-42-32-38-31(41)25(14-22-16-34-20-35-17-22)18-39(32)28-10-5-23(6-11-28)30(40)37-27-9-12-29-24(15-27)2-1-13-36-29/h1-13,15-18,20H,14,19H2,(H,37,40). The Morgan fingerprint density at radius 2 is 1.71 bits per heavy atom. The summed E-state index contributed by atoms with van der Waals surface area (Å²) in [5, 5.41) is 4.34. The van der Waals surface area contributed by atoms with Gasteiger partial charge in [0, 0.05) is 64.8 Å². The summed E-state index contributed by atoms with van der Waals surface area (Å²) in [6.07, 6.45) is 8.56. The number of carbonyl (C=O) groups is 1. The van der Waals surface area contributed by atoms with Crippen molar-refractivity contribution in [2.75, 3.05) is 5.32 Å². The molecule has 8 nitrogen and oxygen atoms in total. The summed E-state index contributed by atoms with van der Waals surface area (Å²) < 4.78 is 15.2. The Morgan fingerprint density at radius 3 is 2.50 bits per heavy atom. The Bertz CT molecular complexity index is 1930. The van der Waals surface area contributed by atoms with Crippen LogP contribution in [0.1, 0.15) is 27.0 Å². The lowest BCUT2D eigenvalue weighted by Crippen LogP contribution is -2.19. The fraction of sp³-hybridized carbons (Fsp3) is 0.0625. The van der Waals surface area contributed by atoms with Crippen molar-refractivity contribution in [2.24, 2.45) is 0 Å². The molecule has 6 aromatic rings. The van der Waals surface area contributed by atoms with Gasteiger partial charge in [-0.1, -0.05) is 30.0 Å². The van der Waals surface area contributed by atoms with Gasteiger partial charge in [-0.2, -0.15) is 4.98 Å². The van der Waals surface area contributed by atoms with E-state index in [1.165, 1.54) is 30.2 Å². The average Bonchev–Trinajstić information content (AvgIpc) is 3.02.